The summed E-state index contributed by atoms with van der Waals surface area (Å²) >= 11 is 0. The maximum atomic E-state index is 12.9. The van der Waals surface area contributed by atoms with E-state index in [1.807, 2.05) is 18.5 Å². The van der Waals surface area contributed by atoms with Gasteiger partial charge in [-0.25, -0.2) is 4.39 Å². The maximum absolute atomic E-state index is 12.9. The molecule has 1 aromatic heterocycles. The number of nitrogens with two attached hydrogens (primary N) is 1. The Labute approximate surface area is 119 Å². The highest BCUT2D eigenvalue weighted by atomic mass is 19.1. The van der Waals surface area contributed by atoms with Gasteiger partial charge in [0.05, 0.1) is 5.69 Å². The van der Waals surface area contributed by atoms with Crippen LogP contribution in [0.1, 0.15) is 30.8 Å². The van der Waals surface area contributed by atoms with E-state index in [1.54, 1.807) is 12.1 Å². The topological polar surface area (TPSA) is 43.8 Å². The molecule has 0 radical (unpaired) electrons. The summed E-state index contributed by atoms with van der Waals surface area (Å²) in [6, 6.07) is 8.63. The number of aryl methyl sites for hydroxylation is 2. The van der Waals surface area contributed by atoms with Gasteiger partial charge in [-0.15, -0.1) is 0 Å². The lowest BCUT2D eigenvalue weighted by Crippen LogP contribution is -2.41. The van der Waals surface area contributed by atoms with Crippen molar-refractivity contribution in [2.45, 2.75) is 45.7 Å². The molecule has 1 heterocycles. The molecule has 108 valence electrons. The first-order chi connectivity index (χ1) is 9.39. The van der Waals surface area contributed by atoms with Crippen LogP contribution in [-0.4, -0.2) is 15.3 Å². The minimum Gasteiger partial charge on any atom is -0.325 e. The number of benzene rings is 1. The normalized spacial score (nSPS) is 14.2. The van der Waals surface area contributed by atoms with Gasteiger partial charge in [0.15, 0.2) is 0 Å². The minimum atomic E-state index is -0.378. The summed E-state index contributed by atoms with van der Waals surface area (Å²) in [5.41, 5.74) is 9.25. The molecule has 4 heteroatoms. The van der Waals surface area contributed by atoms with E-state index >= 15 is 0 Å². The Morgan fingerprint density at radius 1 is 1.25 bits per heavy atom. The van der Waals surface area contributed by atoms with Gasteiger partial charge in [-0.2, -0.15) is 5.10 Å². The fourth-order valence-electron chi connectivity index (χ4n) is 2.56. The van der Waals surface area contributed by atoms with Crippen LogP contribution >= 0.6 is 0 Å². The van der Waals surface area contributed by atoms with Crippen LogP contribution in [0.3, 0.4) is 0 Å². The zero-order valence-corrected chi connectivity index (χ0v) is 12.4. The molecular formula is C16H22FN3. The summed E-state index contributed by atoms with van der Waals surface area (Å²) in [4.78, 5) is 0. The summed E-state index contributed by atoms with van der Waals surface area (Å²) in [6.07, 6.45) is 1.46. The van der Waals surface area contributed by atoms with E-state index in [2.05, 4.69) is 18.1 Å². The van der Waals surface area contributed by atoms with Gasteiger partial charge < -0.3 is 5.73 Å². The summed E-state index contributed by atoms with van der Waals surface area (Å²) in [5.74, 6) is -0.216. The monoisotopic (exact) mass is 275 g/mol. The Morgan fingerprint density at radius 2 is 1.90 bits per heavy atom. The first-order valence-electron chi connectivity index (χ1n) is 6.96. The van der Waals surface area contributed by atoms with Crippen LogP contribution in [0.5, 0.6) is 0 Å². The third-order valence-corrected chi connectivity index (χ3v) is 3.39. The number of hydrogen-bond acceptors (Lipinski definition) is 2. The van der Waals surface area contributed by atoms with Crippen LogP contribution in [0.25, 0.3) is 0 Å². The quantitative estimate of drug-likeness (QED) is 0.912. The molecule has 2 rings (SSSR count). The van der Waals surface area contributed by atoms with Crippen molar-refractivity contribution in [3.63, 3.8) is 0 Å². The molecule has 0 saturated carbocycles. The lowest BCUT2D eigenvalue weighted by atomic mass is 9.89. The fourth-order valence-corrected chi connectivity index (χ4v) is 2.56. The van der Waals surface area contributed by atoms with E-state index in [9.17, 15) is 4.39 Å². The predicted molar refractivity (Wildman–Crippen MR) is 79.0 cm³/mol. The first kappa shape index (κ1) is 14.7. The van der Waals surface area contributed by atoms with Gasteiger partial charge in [-0.3, -0.25) is 4.68 Å². The molecule has 2 aromatic rings. The molecule has 0 spiro atoms. The number of nitrogens with zero attached hydrogens (tertiary/aromatic N) is 2. The van der Waals surface area contributed by atoms with Crippen molar-refractivity contribution in [1.29, 1.82) is 0 Å². The van der Waals surface area contributed by atoms with Gasteiger partial charge in [0, 0.05) is 24.2 Å². The van der Waals surface area contributed by atoms with Crippen LogP contribution in [-0.2, 0) is 19.4 Å². The SMILES string of the molecule is CCn1nc(C)cc1CC(C)(N)Cc1ccc(F)cc1. The Morgan fingerprint density at radius 3 is 2.50 bits per heavy atom. The third kappa shape index (κ3) is 3.67. The van der Waals surface area contributed by atoms with Gasteiger partial charge in [-0.1, -0.05) is 12.1 Å². The molecule has 0 saturated heterocycles. The lowest BCUT2D eigenvalue weighted by Gasteiger charge is -2.25. The molecule has 20 heavy (non-hydrogen) atoms. The Kier molecular flexibility index (Phi) is 4.23. The zero-order valence-electron chi connectivity index (χ0n) is 12.4. The highest BCUT2D eigenvalue weighted by Gasteiger charge is 2.22. The largest absolute Gasteiger partial charge is 0.325 e. The van der Waals surface area contributed by atoms with Crippen molar-refractivity contribution in [3.8, 4) is 0 Å². The van der Waals surface area contributed by atoms with E-state index in [-0.39, 0.29) is 11.4 Å². The summed E-state index contributed by atoms with van der Waals surface area (Å²) in [6.45, 7) is 6.93. The first-order valence-corrected chi connectivity index (χ1v) is 6.96. The summed E-state index contributed by atoms with van der Waals surface area (Å²) in [7, 11) is 0. The highest BCUT2D eigenvalue weighted by molar-refractivity contribution is 5.20. The molecule has 0 aliphatic heterocycles. The Balaban J connectivity index is 2.11. The Bertz CT molecular complexity index is 570. The average Bonchev–Trinajstić information content (AvgIpc) is 2.71. The smallest absolute Gasteiger partial charge is 0.123 e. The molecule has 0 amide bonds. The van der Waals surface area contributed by atoms with Gasteiger partial charge >= 0.3 is 0 Å². The van der Waals surface area contributed by atoms with Gasteiger partial charge in [-0.05, 0) is 51.0 Å². The van der Waals surface area contributed by atoms with Crippen LogP contribution in [0.4, 0.5) is 4.39 Å². The third-order valence-electron chi connectivity index (χ3n) is 3.39. The van der Waals surface area contributed by atoms with Crippen LogP contribution in [0.2, 0.25) is 0 Å². The second-order valence-corrected chi connectivity index (χ2v) is 5.73. The van der Waals surface area contributed by atoms with Crippen LogP contribution in [0.15, 0.2) is 30.3 Å². The van der Waals surface area contributed by atoms with E-state index in [0.29, 0.717) is 6.42 Å². The standard InChI is InChI=1S/C16H22FN3/c1-4-20-15(9-12(2)19-20)11-16(3,18)10-13-5-7-14(17)8-6-13/h5-9H,4,10-11,18H2,1-3H3. The molecule has 0 bridgehead atoms. The van der Waals surface area contributed by atoms with Gasteiger partial charge in [0.1, 0.15) is 5.82 Å². The van der Waals surface area contributed by atoms with Crippen LogP contribution in [0, 0.1) is 12.7 Å². The fraction of sp³-hybridized carbons (Fsp3) is 0.438. The molecule has 1 unspecified atom stereocenters. The van der Waals surface area contributed by atoms with Crippen molar-refractivity contribution in [2.75, 3.05) is 0 Å². The summed E-state index contributed by atoms with van der Waals surface area (Å²) in [5, 5.41) is 4.44. The van der Waals surface area contributed by atoms with Crippen molar-refractivity contribution in [2.24, 2.45) is 5.73 Å². The molecular weight excluding hydrogens is 253 g/mol. The number of halogens is 1. The van der Waals surface area contributed by atoms with Crippen molar-refractivity contribution >= 4 is 0 Å². The average molecular weight is 275 g/mol. The number of rotatable bonds is 5. The number of hydrogen-bond donors (Lipinski definition) is 1. The number of aromatic nitrogens is 2. The van der Waals surface area contributed by atoms with E-state index in [4.69, 9.17) is 5.73 Å². The molecule has 3 nitrogen and oxygen atoms in total. The maximum Gasteiger partial charge on any atom is 0.123 e. The highest BCUT2D eigenvalue weighted by Crippen LogP contribution is 2.18. The molecule has 0 aliphatic rings. The Hall–Kier alpha value is -1.68. The molecule has 2 N–H and O–H groups in total. The van der Waals surface area contributed by atoms with Gasteiger partial charge in [0.25, 0.3) is 0 Å². The summed E-state index contributed by atoms with van der Waals surface area (Å²) < 4.78 is 14.9. The second-order valence-electron chi connectivity index (χ2n) is 5.73. The molecule has 0 aliphatic carbocycles. The zero-order chi connectivity index (χ0) is 14.8. The van der Waals surface area contributed by atoms with Crippen LogP contribution < -0.4 is 5.73 Å². The van der Waals surface area contributed by atoms with Crippen molar-refractivity contribution in [3.05, 3.63) is 53.1 Å². The second kappa shape index (κ2) is 5.75. The van der Waals surface area contributed by atoms with Gasteiger partial charge in [0.2, 0.25) is 0 Å². The van der Waals surface area contributed by atoms with E-state index in [1.165, 1.54) is 12.1 Å². The van der Waals surface area contributed by atoms with Crippen molar-refractivity contribution < 1.29 is 4.39 Å². The molecule has 1 atom stereocenters. The minimum absolute atomic E-state index is 0.216. The lowest BCUT2D eigenvalue weighted by molar-refractivity contribution is 0.441. The predicted octanol–water partition coefficient (Wildman–Crippen LogP) is 2.85. The van der Waals surface area contributed by atoms with E-state index < -0.39 is 0 Å². The van der Waals surface area contributed by atoms with Crippen molar-refractivity contribution in [1.82, 2.24) is 9.78 Å². The molecule has 1 aromatic carbocycles. The molecule has 0 fully saturated rings. The van der Waals surface area contributed by atoms with E-state index in [0.717, 1.165) is 29.9 Å².